The Hall–Kier alpha value is -2.32. The summed E-state index contributed by atoms with van der Waals surface area (Å²) in [6.07, 6.45) is 4.41. The lowest BCUT2D eigenvalue weighted by molar-refractivity contribution is 0.0691. The van der Waals surface area contributed by atoms with Crippen LogP contribution in [0.1, 0.15) is 38.3 Å². The zero-order chi connectivity index (χ0) is 20.6. The van der Waals surface area contributed by atoms with Crippen molar-refractivity contribution in [2.75, 3.05) is 26.2 Å². The molecular formula is C20H26N4O3S. The zero-order valence-electron chi connectivity index (χ0n) is 17.0. The standard InChI is InChI=1S/C20H26N4O3S/c1-13-14(2)16(4)19(17(5)15(13)3)28(26,27)24-10-8-23(9-11-24)20(25)18-12-21-6-7-22-18/h6-7,12H,8-11H2,1-5H3. The van der Waals surface area contributed by atoms with Crippen LogP contribution < -0.4 is 0 Å². The second-order valence-corrected chi connectivity index (χ2v) is 9.12. The van der Waals surface area contributed by atoms with Gasteiger partial charge in [-0.1, -0.05) is 0 Å². The van der Waals surface area contributed by atoms with E-state index in [1.165, 1.54) is 22.9 Å². The van der Waals surface area contributed by atoms with Crippen LogP contribution in [0.15, 0.2) is 23.5 Å². The van der Waals surface area contributed by atoms with Crippen molar-refractivity contribution in [3.63, 3.8) is 0 Å². The molecular weight excluding hydrogens is 376 g/mol. The Bertz CT molecular complexity index is 982. The van der Waals surface area contributed by atoms with Crippen molar-refractivity contribution in [2.45, 2.75) is 39.5 Å². The fourth-order valence-corrected chi connectivity index (χ4v) is 5.67. The minimum Gasteiger partial charge on any atom is -0.335 e. The van der Waals surface area contributed by atoms with Gasteiger partial charge in [0.15, 0.2) is 0 Å². The van der Waals surface area contributed by atoms with Gasteiger partial charge in [0.1, 0.15) is 5.69 Å². The smallest absolute Gasteiger partial charge is 0.274 e. The monoisotopic (exact) mass is 402 g/mol. The zero-order valence-corrected chi connectivity index (χ0v) is 17.8. The lowest BCUT2D eigenvalue weighted by Gasteiger charge is -2.34. The molecule has 28 heavy (non-hydrogen) atoms. The minimum absolute atomic E-state index is 0.223. The summed E-state index contributed by atoms with van der Waals surface area (Å²) >= 11 is 0. The normalized spacial score (nSPS) is 15.7. The van der Waals surface area contributed by atoms with Crippen LogP contribution in [0.25, 0.3) is 0 Å². The maximum Gasteiger partial charge on any atom is 0.274 e. The Balaban J connectivity index is 1.84. The summed E-state index contributed by atoms with van der Waals surface area (Å²) in [5.74, 6) is -0.223. The summed E-state index contributed by atoms with van der Waals surface area (Å²) in [5, 5.41) is 0. The molecule has 0 atom stereocenters. The summed E-state index contributed by atoms with van der Waals surface area (Å²) in [4.78, 5) is 22.5. The van der Waals surface area contributed by atoms with E-state index in [4.69, 9.17) is 0 Å². The van der Waals surface area contributed by atoms with Gasteiger partial charge in [-0.3, -0.25) is 9.78 Å². The van der Waals surface area contributed by atoms with Gasteiger partial charge in [0.2, 0.25) is 10.0 Å². The van der Waals surface area contributed by atoms with Gasteiger partial charge in [-0.05, 0) is 62.4 Å². The number of aromatic nitrogens is 2. The average molecular weight is 403 g/mol. The number of hydrogen-bond acceptors (Lipinski definition) is 5. The van der Waals surface area contributed by atoms with Crippen LogP contribution in [0.3, 0.4) is 0 Å². The largest absolute Gasteiger partial charge is 0.335 e. The number of carbonyl (C=O) groups excluding carboxylic acids is 1. The number of amides is 1. The Kier molecular flexibility index (Phi) is 5.54. The first-order valence-electron chi connectivity index (χ1n) is 9.28. The third-order valence-corrected chi connectivity index (χ3v) is 8.01. The number of rotatable bonds is 3. The molecule has 0 N–H and O–H groups in total. The maximum absolute atomic E-state index is 13.4. The molecule has 0 spiro atoms. The molecule has 1 aromatic heterocycles. The lowest BCUT2D eigenvalue weighted by atomic mass is 9.95. The Morgan fingerprint density at radius 3 is 1.89 bits per heavy atom. The number of hydrogen-bond donors (Lipinski definition) is 0. The van der Waals surface area contributed by atoms with Gasteiger partial charge < -0.3 is 4.90 Å². The van der Waals surface area contributed by atoms with Crippen molar-refractivity contribution >= 4 is 15.9 Å². The van der Waals surface area contributed by atoms with Crippen molar-refractivity contribution in [1.82, 2.24) is 19.2 Å². The van der Waals surface area contributed by atoms with Crippen LogP contribution in [0.2, 0.25) is 0 Å². The van der Waals surface area contributed by atoms with Crippen LogP contribution in [-0.2, 0) is 10.0 Å². The van der Waals surface area contributed by atoms with Gasteiger partial charge >= 0.3 is 0 Å². The number of carbonyl (C=O) groups is 1. The first kappa shape index (κ1) is 20.4. The molecule has 1 fully saturated rings. The molecule has 0 unspecified atom stereocenters. The molecule has 3 rings (SSSR count). The molecule has 1 aliphatic heterocycles. The highest BCUT2D eigenvalue weighted by molar-refractivity contribution is 7.89. The molecule has 0 saturated carbocycles. The van der Waals surface area contributed by atoms with Gasteiger partial charge in [0.25, 0.3) is 5.91 Å². The number of piperazine rings is 1. The molecule has 0 radical (unpaired) electrons. The SMILES string of the molecule is Cc1c(C)c(C)c(S(=O)(=O)N2CCN(C(=O)c3cnccn3)CC2)c(C)c1C. The third-order valence-electron chi connectivity index (χ3n) is 5.84. The molecule has 1 aromatic carbocycles. The van der Waals surface area contributed by atoms with Crippen molar-refractivity contribution in [3.8, 4) is 0 Å². The second kappa shape index (κ2) is 7.60. The quantitative estimate of drug-likeness (QED) is 0.786. The predicted molar refractivity (Wildman–Crippen MR) is 107 cm³/mol. The van der Waals surface area contributed by atoms with E-state index in [2.05, 4.69) is 9.97 Å². The van der Waals surface area contributed by atoms with E-state index in [1.807, 2.05) is 34.6 Å². The third kappa shape index (κ3) is 3.42. The van der Waals surface area contributed by atoms with Crippen molar-refractivity contribution in [1.29, 1.82) is 0 Å². The summed E-state index contributed by atoms with van der Waals surface area (Å²) in [7, 11) is -3.63. The van der Waals surface area contributed by atoms with Crippen LogP contribution in [0, 0.1) is 34.6 Å². The molecule has 2 aromatic rings. The lowest BCUT2D eigenvalue weighted by Crippen LogP contribution is -2.50. The Morgan fingerprint density at radius 1 is 0.857 bits per heavy atom. The van der Waals surface area contributed by atoms with Crippen molar-refractivity contribution in [2.24, 2.45) is 0 Å². The molecule has 1 saturated heterocycles. The first-order chi connectivity index (χ1) is 13.2. The fourth-order valence-electron chi connectivity index (χ4n) is 3.68. The molecule has 1 amide bonds. The Labute approximate surface area is 166 Å². The Morgan fingerprint density at radius 2 is 1.39 bits per heavy atom. The molecule has 2 heterocycles. The molecule has 0 aliphatic carbocycles. The molecule has 0 bridgehead atoms. The second-order valence-electron chi connectivity index (χ2n) is 7.24. The predicted octanol–water partition coefficient (Wildman–Crippen LogP) is 2.17. The van der Waals surface area contributed by atoms with E-state index in [1.54, 1.807) is 4.90 Å². The highest BCUT2D eigenvalue weighted by Crippen LogP contribution is 2.32. The number of sulfonamides is 1. The first-order valence-corrected chi connectivity index (χ1v) is 10.7. The van der Waals surface area contributed by atoms with Crippen molar-refractivity contribution in [3.05, 3.63) is 52.1 Å². The van der Waals surface area contributed by atoms with E-state index in [0.717, 1.165) is 27.8 Å². The fraction of sp³-hybridized carbons (Fsp3) is 0.450. The van der Waals surface area contributed by atoms with E-state index >= 15 is 0 Å². The molecule has 7 nitrogen and oxygen atoms in total. The highest BCUT2D eigenvalue weighted by atomic mass is 32.2. The van der Waals surface area contributed by atoms with Gasteiger partial charge in [0, 0.05) is 38.6 Å². The molecule has 150 valence electrons. The van der Waals surface area contributed by atoms with E-state index in [0.29, 0.717) is 18.0 Å². The summed E-state index contributed by atoms with van der Waals surface area (Å²) in [5.41, 5.74) is 5.04. The minimum atomic E-state index is -3.63. The maximum atomic E-state index is 13.4. The van der Waals surface area contributed by atoms with Crippen LogP contribution in [-0.4, -0.2) is 59.7 Å². The van der Waals surface area contributed by atoms with Gasteiger partial charge in [-0.2, -0.15) is 4.31 Å². The van der Waals surface area contributed by atoms with E-state index in [-0.39, 0.29) is 24.7 Å². The van der Waals surface area contributed by atoms with Gasteiger partial charge in [0.05, 0.1) is 11.1 Å². The molecule has 8 heteroatoms. The summed E-state index contributed by atoms with van der Waals surface area (Å²) in [6, 6.07) is 0. The van der Waals surface area contributed by atoms with Gasteiger partial charge in [-0.15, -0.1) is 0 Å². The van der Waals surface area contributed by atoms with Crippen LogP contribution in [0.5, 0.6) is 0 Å². The van der Waals surface area contributed by atoms with Crippen LogP contribution >= 0.6 is 0 Å². The van der Waals surface area contributed by atoms with Gasteiger partial charge in [-0.25, -0.2) is 13.4 Å². The highest BCUT2D eigenvalue weighted by Gasteiger charge is 2.33. The number of benzene rings is 1. The number of nitrogens with zero attached hydrogens (tertiary/aromatic N) is 4. The topological polar surface area (TPSA) is 83.5 Å². The van der Waals surface area contributed by atoms with E-state index in [9.17, 15) is 13.2 Å². The summed E-state index contributed by atoms with van der Waals surface area (Å²) in [6.45, 7) is 10.9. The average Bonchev–Trinajstić information content (AvgIpc) is 2.71. The van der Waals surface area contributed by atoms with E-state index < -0.39 is 10.0 Å². The summed E-state index contributed by atoms with van der Waals surface area (Å²) < 4.78 is 28.3. The van der Waals surface area contributed by atoms with Crippen molar-refractivity contribution < 1.29 is 13.2 Å². The molecule has 1 aliphatic rings. The van der Waals surface area contributed by atoms with Crippen LogP contribution in [0.4, 0.5) is 0 Å².